The fourth-order valence-corrected chi connectivity index (χ4v) is 4.50. The van der Waals surface area contributed by atoms with Crippen molar-refractivity contribution in [1.82, 2.24) is 0 Å². The Morgan fingerprint density at radius 3 is 2.29 bits per heavy atom. The number of fused-ring (bicyclic) bond motifs is 2. The standard InChI is InChI=1S/C17H22ClNO2/c1-9-6-11-13(17(8-19)4-3-5-17)15-12(7-10(2)20-15)14(18)16(11)21-9/h9-10H,3-8,19H2,1-2H3. The van der Waals surface area contributed by atoms with Crippen molar-refractivity contribution in [3.63, 3.8) is 0 Å². The van der Waals surface area contributed by atoms with E-state index in [-0.39, 0.29) is 17.6 Å². The minimum absolute atomic E-state index is 0.0796. The lowest BCUT2D eigenvalue weighted by molar-refractivity contribution is 0.218. The largest absolute Gasteiger partial charge is 0.490 e. The van der Waals surface area contributed by atoms with Crippen LogP contribution in [0, 0.1) is 0 Å². The molecular formula is C17H22ClNO2. The third-order valence-electron chi connectivity index (χ3n) is 5.39. The Morgan fingerprint density at radius 1 is 1.10 bits per heavy atom. The number of halogens is 1. The van der Waals surface area contributed by atoms with Crippen LogP contribution in [0.4, 0.5) is 0 Å². The molecule has 114 valence electrons. The van der Waals surface area contributed by atoms with Crippen molar-refractivity contribution in [2.24, 2.45) is 5.73 Å². The lowest BCUT2D eigenvalue weighted by atomic mass is 9.62. The molecule has 2 aliphatic heterocycles. The summed E-state index contributed by atoms with van der Waals surface area (Å²) in [6, 6.07) is 0. The summed E-state index contributed by atoms with van der Waals surface area (Å²) < 4.78 is 12.2. The minimum atomic E-state index is 0.0796. The van der Waals surface area contributed by atoms with Crippen LogP contribution in [0.5, 0.6) is 11.5 Å². The van der Waals surface area contributed by atoms with Crippen molar-refractivity contribution in [3.8, 4) is 11.5 Å². The predicted molar refractivity (Wildman–Crippen MR) is 83.6 cm³/mol. The van der Waals surface area contributed by atoms with E-state index >= 15 is 0 Å². The number of rotatable bonds is 2. The molecule has 2 unspecified atom stereocenters. The molecule has 2 heterocycles. The highest BCUT2D eigenvalue weighted by atomic mass is 35.5. The zero-order valence-electron chi connectivity index (χ0n) is 12.7. The Balaban J connectivity index is 1.98. The van der Waals surface area contributed by atoms with Crippen LogP contribution >= 0.6 is 11.6 Å². The average molecular weight is 308 g/mol. The first-order chi connectivity index (χ1) is 10.1. The Bertz CT molecular complexity index is 565. The van der Waals surface area contributed by atoms with Crippen LogP contribution in [0.1, 0.15) is 49.8 Å². The monoisotopic (exact) mass is 307 g/mol. The van der Waals surface area contributed by atoms with Crippen molar-refractivity contribution in [1.29, 1.82) is 0 Å². The zero-order chi connectivity index (χ0) is 14.8. The minimum Gasteiger partial charge on any atom is -0.490 e. The van der Waals surface area contributed by atoms with Crippen LogP contribution in [-0.4, -0.2) is 18.8 Å². The van der Waals surface area contributed by atoms with Gasteiger partial charge in [0.25, 0.3) is 0 Å². The maximum absolute atomic E-state index is 6.62. The van der Waals surface area contributed by atoms with Gasteiger partial charge >= 0.3 is 0 Å². The molecule has 0 spiro atoms. The van der Waals surface area contributed by atoms with Crippen molar-refractivity contribution >= 4 is 11.6 Å². The van der Waals surface area contributed by atoms with Crippen LogP contribution in [0.15, 0.2) is 0 Å². The normalized spacial score (nSPS) is 28.4. The van der Waals surface area contributed by atoms with Gasteiger partial charge < -0.3 is 15.2 Å². The van der Waals surface area contributed by atoms with Crippen molar-refractivity contribution in [3.05, 3.63) is 21.7 Å². The van der Waals surface area contributed by atoms with Gasteiger partial charge in [0.15, 0.2) is 0 Å². The molecule has 1 saturated carbocycles. The molecule has 0 aromatic heterocycles. The van der Waals surface area contributed by atoms with Gasteiger partial charge in [-0.15, -0.1) is 0 Å². The topological polar surface area (TPSA) is 44.5 Å². The second kappa shape index (κ2) is 4.53. The second-order valence-electron chi connectivity index (χ2n) is 6.91. The van der Waals surface area contributed by atoms with Crippen molar-refractivity contribution in [2.75, 3.05) is 6.54 Å². The predicted octanol–water partition coefficient (Wildman–Crippen LogP) is 3.37. The van der Waals surface area contributed by atoms with Crippen LogP contribution < -0.4 is 15.2 Å². The van der Waals surface area contributed by atoms with E-state index in [1.807, 2.05) is 0 Å². The summed E-state index contributed by atoms with van der Waals surface area (Å²) in [7, 11) is 0. The molecule has 3 aliphatic rings. The Hall–Kier alpha value is -0.930. The second-order valence-corrected chi connectivity index (χ2v) is 7.29. The van der Waals surface area contributed by atoms with Gasteiger partial charge in [0, 0.05) is 41.5 Å². The van der Waals surface area contributed by atoms with E-state index in [1.54, 1.807) is 0 Å². The highest BCUT2D eigenvalue weighted by Gasteiger charge is 2.46. The highest BCUT2D eigenvalue weighted by Crippen LogP contribution is 2.56. The van der Waals surface area contributed by atoms with E-state index < -0.39 is 0 Å². The van der Waals surface area contributed by atoms with Crippen LogP contribution in [0.3, 0.4) is 0 Å². The molecule has 1 aromatic rings. The maximum atomic E-state index is 6.62. The number of hydrogen-bond donors (Lipinski definition) is 1. The lowest BCUT2D eigenvalue weighted by Gasteiger charge is -2.43. The molecule has 0 amide bonds. The van der Waals surface area contributed by atoms with Gasteiger partial charge in [-0.2, -0.15) is 0 Å². The fourth-order valence-electron chi connectivity index (χ4n) is 4.18. The van der Waals surface area contributed by atoms with E-state index in [9.17, 15) is 0 Å². The molecular weight excluding hydrogens is 286 g/mol. The third kappa shape index (κ3) is 1.77. The van der Waals surface area contributed by atoms with Gasteiger partial charge in [-0.3, -0.25) is 0 Å². The summed E-state index contributed by atoms with van der Waals surface area (Å²) in [5.41, 5.74) is 9.95. The summed E-state index contributed by atoms with van der Waals surface area (Å²) in [5.74, 6) is 1.92. The quantitative estimate of drug-likeness (QED) is 0.911. The van der Waals surface area contributed by atoms with Gasteiger partial charge in [-0.25, -0.2) is 0 Å². The number of nitrogens with two attached hydrogens (primary N) is 1. The van der Waals surface area contributed by atoms with Crippen LogP contribution in [-0.2, 0) is 18.3 Å². The summed E-state index contributed by atoms with van der Waals surface area (Å²) >= 11 is 6.62. The molecule has 2 N–H and O–H groups in total. The molecule has 21 heavy (non-hydrogen) atoms. The van der Waals surface area contributed by atoms with Crippen molar-refractivity contribution < 1.29 is 9.47 Å². The fraction of sp³-hybridized carbons (Fsp3) is 0.647. The van der Waals surface area contributed by atoms with Crippen LogP contribution in [0.2, 0.25) is 5.02 Å². The zero-order valence-corrected chi connectivity index (χ0v) is 13.4. The molecule has 0 saturated heterocycles. The van der Waals surface area contributed by atoms with E-state index in [2.05, 4.69) is 13.8 Å². The van der Waals surface area contributed by atoms with Crippen molar-refractivity contribution in [2.45, 2.75) is 63.6 Å². The van der Waals surface area contributed by atoms with E-state index in [4.69, 9.17) is 26.8 Å². The van der Waals surface area contributed by atoms with E-state index in [0.29, 0.717) is 6.54 Å². The summed E-state index contributed by atoms with van der Waals surface area (Å²) in [6.07, 6.45) is 5.70. The van der Waals surface area contributed by atoms with E-state index in [0.717, 1.165) is 47.8 Å². The molecule has 2 atom stereocenters. The Kier molecular flexibility index (Phi) is 2.96. The first kappa shape index (κ1) is 13.7. The molecule has 1 aliphatic carbocycles. The molecule has 4 rings (SSSR count). The summed E-state index contributed by atoms with van der Waals surface area (Å²) in [5, 5.41) is 0.768. The SMILES string of the molecule is CC1Cc2c(c(Cl)c3c(c2C2(CN)CCC2)OC(C)C3)O1. The Morgan fingerprint density at radius 2 is 1.71 bits per heavy atom. The van der Waals surface area contributed by atoms with Gasteiger partial charge in [0.2, 0.25) is 0 Å². The molecule has 3 nitrogen and oxygen atoms in total. The van der Waals surface area contributed by atoms with Gasteiger partial charge in [-0.1, -0.05) is 18.0 Å². The smallest absolute Gasteiger partial charge is 0.142 e. The van der Waals surface area contributed by atoms with Gasteiger partial charge in [-0.05, 0) is 26.7 Å². The number of ether oxygens (including phenoxy) is 2. The molecule has 1 aromatic carbocycles. The number of hydrogen-bond acceptors (Lipinski definition) is 3. The lowest BCUT2D eigenvalue weighted by Crippen LogP contribution is -2.42. The molecule has 0 radical (unpaired) electrons. The third-order valence-corrected chi connectivity index (χ3v) is 5.79. The number of benzene rings is 1. The van der Waals surface area contributed by atoms with Gasteiger partial charge in [0.05, 0.1) is 5.02 Å². The van der Waals surface area contributed by atoms with Crippen LogP contribution in [0.25, 0.3) is 0 Å². The molecule has 1 fully saturated rings. The average Bonchev–Trinajstić information content (AvgIpc) is 2.95. The van der Waals surface area contributed by atoms with E-state index in [1.165, 1.54) is 17.5 Å². The summed E-state index contributed by atoms with van der Waals surface area (Å²) in [6.45, 7) is 4.88. The maximum Gasteiger partial charge on any atom is 0.142 e. The van der Waals surface area contributed by atoms with Gasteiger partial charge in [0.1, 0.15) is 23.7 Å². The Labute approximate surface area is 130 Å². The summed E-state index contributed by atoms with van der Waals surface area (Å²) in [4.78, 5) is 0. The molecule has 0 bridgehead atoms. The first-order valence-electron chi connectivity index (χ1n) is 7.97. The molecule has 4 heteroatoms. The first-order valence-corrected chi connectivity index (χ1v) is 8.34. The highest BCUT2D eigenvalue weighted by molar-refractivity contribution is 6.33.